The minimum absolute atomic E-state index is 0.137. The Morgan fingerprint density at radius 1 is 0.846 bits per heavy atom. The maximum atomic E-state index is 11.6. The first-order valence-corrected chi connectivity index (χ1v) is 10.9. The minimum Gasteiger partial charge on any atom is -0.460 e. The number of hydrogen-bond acceptors (Lipinski definition) is 4. The van der Waals surface area contributed by atoms with Gasteiger partial charge in [0.05, 0.1) is 13.2 Å². The van der Waals surface area contributed by atoms with Gasteiger partial charge in [0, 0.05) is 6.42 Å². The van der Waals surface area contributed by atoms with Gasteiger partial charge < -0.3 is 14.2 Å². The maximum Gasteiger partial charge on any atom is 0.305 e. The average Bonchev–Trinajstić information content (AvgIpc) is 3.17. The van der Waals surface area contributed by atoms with Crippen LogP contribution in [0.25, 0.3) is 0 Å². The highest BCUT2D eigenvalue weighted by molar-refractivity contribution is 5.69. The lowest BCUT2D eigenvalue weighted by Gasteiger charge is -2.09. The Morgan fingerprint density at radius 3 is 2.00 bits per heavy atom. The summed E-state index contributed by atoms with van der Waals surface area (Å²) in [4.78, 5) is 11.6. The van der Waals surface area contributed by atoms with Crippen LogP contribution in [0.2, 0.25) is 0 Å². The molecule has 0 saturated carbocycles. The van der Waals surface area contributed by atoms with Crippen molar-refractivity contribution in [1.29, 1.82) is 0 Å². The molecule has 0 N–H and O–H groups in total. The zero-order valence-corrected chi connectivity index (χ0v) is 16.9. The molecule has 26 heavy (non-hydrogen) atoms. The Balaban J connectivity index is 1.76. The van der Waals surface area contributed by atoms with E-state index in [0.717, 1.165) is 12.8 Å². The Morgan fingerprint density at radius 2 is 1.38 bits per heavy atom. The summed E-state index contributed by atoms with van der Waals surface area (Å²) in [7, 11) is 0. The molecule has 1 rings (SSSR count). The fourth-order valence-electron chi connectivity index (χ4n) is 3.08. The van der Waals surface area contributed by atoms with E-state index in [0.29, 0.717) is 19.6 Å². The van der Waals surface area contributed by atoms with Crippen molar-refractivity contribution < 1.29 is 19.0 Å². The van der Waals surface area contributed by atoms with Gasteiger partial charge >= 0.3 is 5.97 Å². The molecule has 0 amide bonds. The van der Waals surface area contributed by atoms with Gasteiger partial charge in [0.2, 0.25) is 0 Å². The predicted octanol–water partition coefficient (Wildman–Crippen LogP) is 5.94. The molecule has 4 nitrogen and oxygen atoms in total. The van der Waals surface area contributed by atoms with Gasteiger partial charge in [0.15, 0.2) is 6.29 Å². The standard InChI is InChI=1S/C22H40O4/c1-2-3-4-5-6-7-8-9-10-11-12-13-14-15-16-17-21(23)26-20-22-24-18-19-25-22/h9-10,22H,2-8,11-20H2,1H3/b10-9+. The van der Waals surface area contributed by atoms with E-state index in [1.165, 1.54) is 70.6 Å². The molecule has 0 atom stereocenters. The number of esters is 1. The molecule has 4 heteroatoms. The van der Waals surface area contributed by atoms with Gasteiger partial charge in [-0.05, 0) is 32.1 Å². The summed E-state index contributed by atoms with van der Waals surface area (Å²) in [6, 6.07) is 0. The number of carbonyl (C=O) groups excluding carboxylic acids is 1. The molecular weight excluding hydrogens is 328 g/mol. The number of unbranched alkanes of at least 4 members (excludes halogenated alkanes) is 11. The predicted molar refractivity (Wildman–Crippen MR) is 106 cm³/mol. The SMILES string of the molecule is CCCCCCCC/C=C/CCCCCCCC(=O)OCC1OCCO1. The summed E-state index contributed by atoms with van der Waals surface area (Å²) >= 11 is 0. The third kappa shape index (κ3) is 14.3. The van der Waals surface area contributed by atoms with E-state index in [1.807, 2.05) is 0 Å². The topological polar surface area (TPSA) is 44.8 Å². The van der Waals surface area contributed by atoms with Crippen molar-refractivity contribution in [3.8, 4) is 0 Å². The molecule has 0 radical (unpaired) electrons. The summed E-state index contributed by atoms with van der Waals surface area (Å²) in [5.41, 5.74) is 0. The van der Waals surface area contributed by atoms with Crippen LogP contribution in [0.1, 0.15) is 96.8 Å². The molecular formula is C22H40O4. The number of allylic oxidation sites excluding steroid dienone is 2. The van der Waals surface area contributed by atoms with Crippen LogP contribution in [0.5, 0.6) is 0 Å². The molecule has 0 aromatic heterocycles. The zero-order chi connectivity index (χ0) is 18.7. The number of carbonyl (C=O) groups is 1. The summed E-state index contributed by atoms with van der Waals surface area (Å²) in [6.07, 6.45) is 21.3. The molecule has 0 aromatic carbocycles. The summed E-state index contributed by atoms with van der Waals surface area (Å²) in [5.74, 6) is -0.137. The van der Waals surface area contributed by atoms with E-state index in [1.54, 1.807) is 0 Å². The van der Waals surface area contributed by atoms with Crippen molar-refractivity contribution in [2.45, 2.75) is 103 Å². The van der Waals surface area contributed by atoms with Gasteiger partial charge in [-0.1, -0.05) is 70.4 Å². The summed E-state index contributed by atoms with van der Waals surface area (Å²) in [6.45, 7) is 3.68. The molecule has 1 saturated heterocycles. The van der Waals surface area contributed by atoms with E-state index in [4.69, 9.17) is 14.2 Å². The monoisotopic (exact) mass is 368 g/mol. The number of rotatable bonds is 17. The second-order valence-corrected chi connectivity index (χ2v) is 7.19. The van der Waals surface area contributed by atoms with E-state index in [-0.39, 0.29) is 18.9 Å². The Hall–Kier alpha value is -0.870. The van der Waals surface area contributed by atoms with Gasteiger partial charge in [-0.3, -0.25) is 4.79 Å². The van der Waals surface area contributed by atoms with Crippen molar-refractivity contribution in [2.75, 3.05) is 19.8 Å². The van der Waals surface area contributed by atoms with Crippen molar-refractivity contribution in [3.05, 3.63) is 12.2 Å². The molecule has 1 aliphatic rings. The zero-order valence-electron chi connectivity index (χ0n) is 16.9. The molecule has 0 spiro atoms. The van der Waals surface area contributed by atoms with Crippen LogP contribution < -0.4 is 0 Å². The highest BCUT2D eigenvalue weighted by Gasteiger charge is 2.17. The fourth-order valence-corrected chi connectivity index (χ4v) is 3.08. The van der Waals surface area contributed by atoms with Crippen molar-refractivity contribution in [2.24, 2.45) is 0 Å². The first-order chi connectivity index (χ1) is 12.8. The first kappa shape index (κ1) is 23.2. The van der Waals surface area contributed by atoms with Crippen molar-refractivity contribution in [3.63, 3.8) is 0 Å². The average molecular weight is 369 g/mol. The van der Waals surface area contributed by atoms with E-state index in [2.05, 4.69) is 19.1 Å². The normalized spacial score (nSPS) is 15.1. The first-order valence-electron chi connectivity index (χ1n) is 10.9. The van der Waals surface area contributed by atoms with Crippen molar-refractivity contribution in [1.82, 2.24) is 0 Å². The minimum atomic E-state index is -0.354. The van der Waals surface area contributed by atoms with Crippen LogP contribution in [-0.2, 0) is 19.0 Å². The lowest BCUT2D eigenvalue weighted by molar-refractivity contribution is -0.155. The molecule has 1 fully saturated rings. The highest BCUT2D eigenvalue weighted by Crippen LogP contribution is 2.11. The quantitative estimate of drug-likeness (QED) is 0.181. The van der Waals surface area contributed by atoms with Crippen LogP contribution in [0.15, 0.2) is 12.2 Å². The molecule has 0 unspecified atom stereocenters. The van der Waals surface area contributed by atoms with E-state index >= 15 is 0 Å². The van der Waals surface area contributed by atoms with Gasteiger partial charge in [-0.15, -0.1) is 0 Å². The molecule has 152 valence electrons. The highest BCUT2D eigenvalue weighted by atomic mass is 16.7. The molecule has 0 aliphatic carbocycles. The second kappa shape index (κ2) is 17.5. The molecule has 1 heterocycles. The summed E-state index contributed by atoms with van der Waals surface area (Å²) < 4.78 is 15.6. The van der Waals surface area contributed by atoms with E-state index in [9.17, 15) is 4.79 Å². The Labute approximate surface area is 160 Å². The van der Waals surface area contributed by atoms with Crippen LogP contribution in [0, 0.1) is 0 Å². The van der Waals surface area contributed by atoms with Gasteiger partial charge in [0.25, 0.3) is 0 Å². The lowest BCUT2D eigenvalue weighted by Crippen LogP contribution is -2.19. The van der Waals surface area contributed by atoms with Gasteiger partial charge in [-0.2, -0.15) is 0 Å². The van der Waals surface area contributed by atoms with Gasteiger partial charge in [-0.25, -0.2) is 0 Å². The fraction of sp³-hybridized carbons (Fsp3) is 0.864. The van der Waals surface area contributed by atoms with Gasteiger partial charge in [0.1, 0.15) is 6.61 Å². The lowest BCUT2D eigenvalue weighted by atomic mass is 10.1. The van der Waals surface area contributed by atoms with Crippen LogP contribution >= 0.6 is 0 Å². The third-order valence-electron chi connectivity index (χ3n) is 4.71. The number of ether oxygens (including phenoxy) is 3. The number of hydrogen-bond donors (Lipinski definition) is 0. The smallest absolute Gasteiger partial charge is 0.305 e. The second-order valence-electron chi connectivity index (χ2n) is 7.19. The maximum absolute atomic E-state index is 11.6. The third-order valence-corrected chi connectivity index (χ3v) is 4.71. The van der Waals surface area contributed by atoms with Crippen LogP contribution in [0.4, 0.5) is 0 Å². The van der Waals surface area contributed by atoms with E-state index < -0.39 is 0 Å². The van der Waals surface area contributed by atoms with Crippen LogP contribution in [0.3, 0.4) is 0 Å². The molecule has 1 aliphatic heterocycles. The summed E-state index contributed by atoms with van der Waals surface area (Å²) in [5, 5.41) is 0. The molecule has 0 bridgehead atoms. The molecule has 0 aromatic rings. The van der Waals surface area contributed by atoms with Crippen LogP contribution in [-0.4, -0.2) is 32.1 Å². The Bertz CT molecular complexity index is 348. The Kier molecular flexibility index (Phi) is 15.6. The largest absolute Gasteiger partial charge is 0.460 e. The van der Waals surface area contributed by atoms with Crippen molar-refractivity contribution >= 4 is 5.97 Å².